The Morgan fingerprint density at radius 1 is 0.273 bits per heavy atom. The average Bonchev–Trinajstić information content (AvgIpc) is 1.46. The summed E-state index contributed by atoms with van der Waals surface area (Å²) in [5, 5.41) is 38.3. The maximum absolute atomic E-state index is 13.1. The van der Waals surface area contributed by atoms with E-state index in [2.05, 4.69) is 296 Å². The van der Waals surface area contributed by atoms with E-state index in [0.29, 0.717) is 39.5 Å². The first-order valence-electron chi connectivity index (χ1n) is 29.6. The lowest BCUT2D eigenvalue weighted by Crippen LogP contribution is -2.16. The molecule has 0 spiro atoms. The maximum Gasteiger partial charge on any atom is 0.160 e. The second-order valence-corrected chi connectivity index (χ2v) is 22.9. The Morgan fingerprint density at radius 3 is 1.14 bits per heavy atom. The molecule has 406 valence electrons. The number of nitriles is 2. The molecule has 0 aliphatic heterocycles. The molecule has 0 bridgehead atoms. The van der Waals surface area contributed by atoms with E-state index in [4.69, 9.17) is 4.42 Å². The summed E-state index contributed by atoms with van der Waals surface area (Å²) in [5.41, 5.74) is 16.7. The van der Waals surface area contributed by atoms with E-state index in [9.17, 15) is 10.5 Å². The standard InChI is InChI=1S/C80H45N7O/c81-46-62-75(84-64-32-12-4-23-51(64)52-24-5-13-33-65(52)84)76(85-66-34-14-6-25-53(66)54-26-7-15-35-67(54)85)63(47-82)78(77(62)86-68-36-16-8-27-55(68)56-28-9-17-37-69(56)86)87-72-45-48(41-42-57(72)59-43-44-60-58-29-11-19-40-73(58)88-80(60)79(59)87)50-31-20-39-71-74(50)61-30-10-18-38-70(61)83(71)49-21-2-1-3-22-49/h1-45H. The van der Waals surface area contributed by atoms with Crippen LogP contribution in [0.1, 0.15) is 11.1 Å². The van der Waals surface area contributed by atoms with Crippen LogP contribution in [0.15, 0.2) is 277 Å². The van der Waals surface area contributed by atoms with Gasteiger partial charge in [-0.1, -0.05) is 194 Å². The van der Waals surface area contributed by atoms with Crippen molar-refractivity contribution in [2.45, 2.75) is 0 Å². The quantitative estimate of drug-likeness (QED) is 0.166. The van der Waals surface area contributed by atoms with Gasteiger partial charge in [0.25, 0.3) is 0 Å². The highest BCUT2D eigenvalue weighted by molar-refractivity contribution is 6.24. The molecule has 88 heavy (non-hydrogen) atoms. The van der Waals surface area contributed by atoms with Crippen LogP contribution in [0.5, 0.6) is 0 Å². The molecule has 0 radical (unpaired) electrons. The van der Waals surface area contributed by atoms with E-state index in [1.54, 1.807) is 0 Å². The lowest BCUT2D eigenvalue weighted by molar-refractivity contribution is 0.671. The molecule has 13 aromatic carbocycles. The van der Waals surface area contributed by atoms with Gasteiger partial charge in [-0.2, -0.15) is 10.5 Å². The Hall–Kier alpha value is -12.4. The number of furan rings is 1. The van der Waals surface area contributed by atoms with Gasteiger partial charge >= 0.3 is 0 Å². The van der Waals surface area contributed by atoms with Crippen molar-refractivity contribution in [3.63, 3.8) is 0 Å². The number of rotatable bonds is 6. The van der Waals surface area contributed by atoms with E-state index in [1.165, 1.54) is 0 Å². The van der Waals surface area contributed by atoms with Crippen molar-refractivity contribution in [1.29, 1.82) is 10.5 Å². The highest BCUT2D eigenvalue weighted by Crippen LogP contribution is 2.51. The first-order valence-corrected chi connectivity index (χ1v) is 29.6. The van der Waals surface area contributed by atoms with Gasteiger partial charge in [-0.05, 0) is 90.0 Å². The minimum Gasteiger partial charge on any atom is -0.454 e. The van der Waals surface area contributed by atoms with E-state index >= 15 is 0 Å². The van der Waals surface area contributed by atoms with Crippen LogP contribution in [-0.2, 0) is 0 Å². The molecule has 0 aliphatic carbocycles. The van der Waals surface area contributed by atoms with Gasteiger partial charge in [-0.25, -0.2) is 0 Å². The van der Waals surface area contributed by atoms with Gasteiger partial charge < -0.3 is 27.3 Å². The van der Waals surface area contributed by atoms with Gasteiger partial charge in [0, 0.05) is 70.3 Å². The summed E-state index contributed by atoms with van der Waals surface area (Å²) in [4.78, 5) is 0. The van der Waals surface area contributed by atoms with Crippen LogP contribution < -0.4 is 0 Å². The van der Waals surface area contributed by atoms with Crippen molar-refractivity contribution in [1.82, 2.24) is 22.8 Å². The topological polar surface area (TPSA) is 85.4 Å². The molecule has 0 N–H and O–H groups in total. The Kier molecular flexibility index (Phi) is 9.87. The first kappa shape index (κ1) is 48.1. The largest absolute Gasteiger partial charge is 0.454 e. The van der Waals surface area contributed by atoms with Crippen LogP contribution in [0.4, 0.5) is 0 Å². The molecule has 19 aromatic rings. The summed E-state index contributed by atoms with van der Waals surface area (Å²) in [7, 11) is 0. The van der Waals surface area contributed by atoms with Gasteiger partial charge in [-0.15, -0.1) is 0 Å². The highest BCUT2D eigenvalue weighted by atomic mass is 16.3. The van der Waals surface area contributed by atoms with Crippen molar-refractivity contribution in [2.75, 3.05) is 0 Å². The number of aromatic nitrogens is 5. The molecular formula is C80H45N7O. The van der Waals surface area contributed by atoms with E-state index < -0.39 is 0 Å². The van der Waals surface area contributed by atoms with Gasteiger partial charge in [0.2, 0.25) is 0 Å². The number of hydrogen-bond donors (Lipinski definition) is 0. The predicted molar refractivity (Wildman–Crippen MR) is 360 cm³/mol. The first-order chi connectivity index (χ1) is 43.7. The fourth-order valence-electron chi connectivity index (χ4n) is 15.1. The minimum atomic E-state index is 0.365. The zero-order valence-corrected chi connectivity index (χ0v) is 47.0. The SMILES string of the molecule is N#Cc1c(-n2c3ccccc3c3ccccc32)c(-n2c3ccccc3c3ccccc32)c(C#N)c(-n2c3cc(-c4cccc5c4c4ccccc4n5-c4ccccc4)ccc3c3ccc4c5ccccc5oc4c32)c1-n1c2ccccc2c2ccccc21. The second kappa shape index (κ2) is 18.1. The summed E-state index contributed by atoms with van der Waals surface area (Å²) in [6.07, 6.45) is 0. The number of fused-ring (bicyclic) bond motifs is 19. The predicted octanol–water partition coefficient (Wildman–Crippen LogP) is 20.5. The Bertz CT molecular complexity index is 6180. The van der Waals surface area contributed by atoms with Crippen molar-refractivity contribution >= 4 is 131 Å². The monoisotopic (exact) mass is 1120 g/mol. The van der Waals surface area contributed by atoms with Gasteiger partial charge in [0.05, 0.1) is 77.9 Å². The molecule has 0 atom stereocenters. The summed E-state index contributed by atoms with van der Waals surface area (Å²) in [6.45, 7) is 0. The fraction of sp³-hybridized carbons (Fsp3) is 0. The molecule has 0 aliphatic rings. The highest BCUT2D eigenvalue weighted by Gasteiger charge is 2.35. The second-order valence-electron chi connectivity index (χ2n) is 22.9. The molecule has 19 rings (SSSR count). The van der Waals surface area contributed by atoms with Crippen LogP contribution in [0.25, 0.3) is 171 Å². The molecule has 0 amide bonds. The molecule has 0 saturated heterocycles. The lowest BCUT2D eigenvalue weighted by atomic mass is 9.97. The van der Waals surface area contributed by atoms with Crippen LogP contribution in [0.2, 0.25) is 0 Å². The number of para-hydroxylation sites is 9. The molecule has 0 saturated carbocycles. The van der Waals surface area contributed by atoms with Gasteiger partial charge in [0.1, 0.15) is 28.8 Å². The smallest absolute Gasteiger partial charge is 0.160 e. The molecule has 8 nitrogen and oxygen atoms in total. The minimum absolute atomic E-state index is 0.365. The Morgan fingerprint density at radius 2 is 0.648 bits per heavy atom. The zero-order valence-electron chi connectivity index (χ0n) is 47.0. The molecule has 0 fully saturated rings. The van der Waals surface area contributed by atoms with Gasteiger partial charge in [-0.3, -0.25) is 0 Å². The third kappa shape index (κ3) is 6.34. The number of nitrogens with zero attached hydrogens (tertiary/aromatic N) is 7. The summed E-state index contributed by atoms with van der Waals surface area (Å²) < 4.78 is 18.6. The van der Waals surface area contributed by atoms with Gasteiger partial charge in [0.15, 0.2) is 5.58 Å². The van der Waals surface area contributed by atoms with E-state index in [0.717, 1.165) is 142 Å². The van der Waals surface area contributed by atoms with Crippen molar-refractivity contribution in [2.24, 2.45) is 0 Å². The molecule has 8 heteroatoms. The summed E-state index contributed by atoms with van der Waals surface area (Å²) in [6, 6.07) is 102. The van der Waals surface area contributed by atoms with Crippen molar-refractivity contribution in [3.05, 3.63) is 284 Å². The number of benzene rings is 13. The van der Waals surface area contributed by atoms with Crippen LogP contribution in [0, 0.1) is 22.7 Å². The van der Waals surface area contributed by atoms with Crippen LogP contribution in [0.3, 0.4) is 0 Å². The third-order valence-corrected chi connectivity index (χ3v) is 18.6. The normalized spacial score (nSPS) is 12.1. The Labute approximate surface area is 501 Å². The summed E-state index contributed by atoms with van der Waals surface area (Å²) in [5.74, 6) is 0. The van der Waals surface area contributed by atoms with Crippen molar-refractivity contribution < 1.29 is 4.42 Å². The molecule has 6 heterocycles. The van der Waals surface area contributed by atoms with Crippen LogP contribution in [-0.4, -0.2) is 22.8 Å². The number of hydrogen-bond acceptors (Lipinski definition) is 3. The zero-order chi connectivity index (χ0) is 57.9. The van der Waals surface area contributed by atoms with E-state index in [1.807, 2.05) is 12.1 Å². The molecular weight excluding hydrogens is 1070 g/mol. The fourth-order valence-corrected chi connectivity index (χ4v) is 15.1. The molecule has 0 unspecified atom stereocenters. The van der Waals surface area contributed by atoms with Crippen LogP contribution >= 0.6 is 0 Å². The lowest BCUT2D eigenvalue weighted by Gasteiger charge is -2.27. The molecule has 6 aromatic heterocycles. The summed E-state index contributed by atoms with van der Waals surface area (Å²) >= 11 is 0. The Balaban J connectivity index is 1.08. The van der Waals surface area contributed by atoms with E-state index in [-0.39, 0.29) is 0 Å². The van der Waals surface area contributed by atoms with Crippen molar-refractivity contribution in [3.8, 4) is 51.7 Å². The third-order valence-electron chi connectivity index (χ3n) is 18.6. The maximum atomic E-state index is 13.1. The average molecular weight is 1120 g/mol.